The molecule has 0 spiro atoms. The Morgan fingerprint density at radius 3 is 3.00 bits per heavy atom. The number of nitrogens with one attached hydrogen (secondary N) is 1. The van der Waals surface area contributed by atoms with Gasteiger partial charge in [-0.25, -0.2) is 9.97 Å². The van der Waals surface area contributed by atoms with Crippen molar-refractivity contribution in [3.63, 3.8) is 0 Å². The number of pyridine rings is 1. The summed E-state index contributed by atoms with van der Waals surface area (Å²) < 4.78 is 4.99. The summed E-state index contributed by atoms with van der Waals surface area (Å²) in [6.07, 6.45) is 1.73. The van der Waals surface area contributed by atoms with E-state index in [1.807, 2.05) is 31.1 Å². The lowest BCUT2D eigenvalue weighted by molar-refractivity contribution is 0.0946. The number of nitrogens with zero attached hydrogens (tertiary/aromatic N) is 3. The maximum absolute atomic E-state index is 12.1. The van der Waals surface area contributed by atoms with Gasteiger partial charge in [0, 0.05) is 44.9 Å². The van der Waals surface area contributed by atoms with Crippen molar-refractivity contribution in [2.75, 3.05) is 26.1 Å². The smallest absolute Gasteiger partial charge is 0.271 e. The number of ether oxygens (including phenoxy) is 1. The average Bonchev–Trinajstić information content (AvgIpc) is 2.94. The molecule has 1 N–H and O–H groups in total. The highest BCUT2D eigenvalue weighted by Gasteiger charge is 2.12. The number of thiazole rings is 1. The quantitative estimate of drug-likeness (QED) is 0.879. The Bertz CT molecular complexity index is 613. The van der Waals surface area contributed by atoms with Crippen molar-refractivity contribution in [3.8, 4) is 0 Å². The predicted octanol–water partition coefficient (Wildman–Crippen LogP) is 1.68. The summed E-state index contributed by atoms with van der Waals surface area (Å²) in [5.74, 6) is 0.651. The third kappa shape index (κ3) is 3.99. The molecule has 0 atom stereocenters. The normalized spacial score (nSPS) is 10.4. The maximum Gasteiger partial charge on any atom is 0.271 e. The van der Waals surface area contributed by atoms with Crippen LogP contribution in [-0.4, -0.2) is 37.1 Å². The van der Waals surface area contributed by atoms with Gasteiger partial charge in [0.1, 0.15) is 16.5 Å². The van der Waals surface area contributed by atoms with Gasteiger partial charge in [-0.05, 0) is 6.07 Å². The second-order valence-corrected chi connectivity index (χ2v) is 5.57. The van der Waals surface area contributed by atoms with E-state index in [9.17, 15) is 4.79 Å². The van der Waals surface area contributed by atoms with Crippen LogP contribution in [0, 0.1) is 0 Å². The van der Waals surface area contributed by atoms with Gasteiger partial charge in [-0.2, -0.15) is 0 Å². The molecule has 0 fully saturated rings. The second-order valence-electron chi connectivity index (χ2n) is 4.62. The van der Waals surface area contributed by atoms with Gasteiger partial charge in [0.05, 0.1) is 6.61 Å². The summed E-state index contributed by atoms with van der Waals surface area (Å²) in [6.45, 7) is 0.836. The van der Waals surface area contributed by atoms with Gasteiger partial charge in [0.15, 0.2) is 0 Å². The van der Waals surface area contributed by atoms with Crippen LogP contribution in [0.2, 0.25) is 0 Å². The molecule has 0 aliphatic carbocycles. The van der Waals surface area contributed by atoms with Crippen molar-refractivity contribution in [1.82, 2.24) is 15.3 Å². The molecule has 2 rings (SSSR count). The van der Waals surface area contributed by atoms with Crippen molar-refractivity contribution in [2.45, 2.75) is 13.2 Å². The number of amides is 1. The Hall–Kier alpha value is -1.99. The van der Waals surface area contributed by atoms with Gasteiger partial charge in [-0.15, -0.1) is 11.3 Å². The van der Waals surface area contributed by atoms with Gasteiger partial charge < -0.3 is 15.0 Å². The largest absolute Gasteiger partial charge is 0.378 e. The van der Waals surface area contributed by atoms with E-state index >= 15 is 0 Å². The van der Waals surface area contributed by atoms with Crippen LogP contribution < -0.4 is 10.2 Å². The predicted molar refractivity (Wildman–Crippen MR) is 82.6 cm³/mol. The first-order chi connectivity index (χ1) is 10.1. The summed E-state index contributed by atoms with van der Waals surface area (Å²) in [4.78, 5) is 22.5. The SMILES string of the molecule is COCc1nc(C(=O)NCc2cccnc2N(C)C)cs1. The van der Waals surface area contributed by atoms with Gasteiger partial charge >= 0.3 is 0 Å². The number of hydrogen-bond acceptors (Lipinski definition) is 6. The van der Waals surface area contributed by atoms with Crippen LogP contribution in [0.1, 0.15) is 21.1 Å². The summed E-state index contributed by atoms with van der Waals surface area (Å²) in [5, 5.41) is 5.39. The number of aromatic nitrogens is 2. The summed E-state index contributed by atoms with van der Waals surface area (Å²) in [7, 11) is 5.45. The fourth-order valence-corrected chi connectivity index (χ4v) is 2.59. The molecule has 6 nitrogen and oxygen atoms in total. The lowest BCUT2D eigenvalue weighted by Gasteiger charge is -2.15. The highest BCUT2D eigenvalue weighted by atomic mass is 32.1. The molecule has 2 heterocycles. The van der Waals surface area contributed by atoms with Gasteiger partial charge in [0.25, 0.3) is 5.91 Å². The molecule has 2 aromatic rings. The van der Waals surface area contributed by atoms with Crippen LogP contribution in [-0.2, 0) is 17.9 Å². The topological polar surface area (TPSA) is 67.3 Å². The van der Waals surface area contributed by atoms with Crippen molar-refractivity contribution in [3.05, 3.63) is 40.0 Å². The van der Waals surface area contributed by atoms with Crippen LogP contribution in [0.3, 0.4) is 0 Å². The number of carbonyl (C=O) groups excluding carboxylic acids is 1. The van der Waals surface area contributed by atoms with Crippen LogP contribution >= 0.6 is 11.3 Å². The molecule has 1 amide bonds. The number of anilines is 1. The monoisotopic (exact) mass is 306 g/mol. The Kier molecular flexibility index (Phi) is 5.24. The molecule has 0 aliphatic rings. The lowest BCUT2D eigenvalue weighted by atomic mass is 10.2. The third-order valence-corrected chi connectivity index (χ3v) is 3.61. The number of carbonyl (C=O) groups is 1. The zero-order valence-corrected chi connectivity index (χ0v) is 13.1. The minimum absolute atomic E-state index is 0.192. The van der Waals surface area contributed by atoms with Gasteiger partial charge in [0.2, 0.25) is 0 Å². The van der Waals surface area contributed by atoms with E-state index in [2.05, 4.69) is 15.3 Å². The first kappa shape index (κ1) is 15.4. The molecule has 112 valence electrons. The molecule has 7 heteroatoms. The van der Waals surface area contributed by atoms with Crippen molar-refractivity contribution in [2.24, 2.45) is 0 Å². The molecule has 0 saturated heterocycles. The zero-order valence-electron chi connectivity index (χ0n) is 12.3. The minimum atomic E-state index is -0.192. The third-order valence-electron chi connectivity index (χ3n) is 2.78. The summed E-state index contributed by atoms with van der Waals surface area (Å²) >= 11 is 1.41. The van der Waals surface area contributed by atoms with Crippen molar-refractivity contribution in [1.29, 1.82) is 0 Å². The maximum atomic E-state index is 12.1. The van der Waals surface area contributed by atoms with E-state index < -0.39 is 0 Å². The van der Waals surface area contributed by atoms with E-state index in [-0.39, 0.29) is 5.91 Å². The van der Waals surface area contributed by atoms with Crippen LogP contribution in [0.25, 0.3) is 0 Å². The van der Waals surface area contributed by atoms with E-state index in [0.29, 0.717) is 18.8 Å². The van der Waals surface area contributed by atoms with E-state index in [0.717, 1.165) is 16.4 Å². The lowest BCUT2D eigenvalue weighted by Crippen LogP contribution is -2.25. The van der Waals surface area contributed by atoms with E-state index in [1.54, 1.807) is 18.7 Å². The zero-order chi connectivity index (χ0) is 15.2. The average molecular weight is 306 g/mol. The molecular formula is C14H18N4O2S. The fourth-order valence-electron chi connectivity index (χ4n) is 1.84. The molecular weight excluding hydrogens is 288 g/mol. The molecule has 0 bridgehead atoms. The first-order valence-electron chi connectivity index (χ1n) is 6.44. The van der Waals surface area contributed by atoms with Crippen molar-refractivity contribution < 1.29 is 9.53 Å². The second kappa shape index (κ2) is 7.14. The summed E-state index contributed by atoms with van der Waals surface area (Å²) in [6, 6.07) is 3.80. The highest BCUT2D eigenvalue weighted by molar-refractivity contribution is 7.09. The minimum Gasteiger partial charge on any atom is -0.378 e. The molecule has 21 heavy (non-hydrogen) atoms. The van der Waals surface area contributed by atoms with Crippen LogP contribution in [0.5, 0.6) is 0 Å². The van der Waals surface area contributed by atoms with Crippen LogP contribution in [0.4, 0.5) is 5.82 Å². The Morgan fingerprint density at radius 1 is 1.48 bits per heavy atom. The number of hydrogen-bond donors (Lipinski definition) is 1. The molecule has 0 aromatic carbocycles. The Balaban J connectivity index is 2.00. The first-order valence-corrected chi connectivity index (χ1v) is 7.32. The Morgan fingerprint density at radius 2 is 2.29 bits per heavy atom. The molecule has 0 saturated carbocycles. The molecule has 0 radical (unpaired) electrons. The van der Waals surface area contributed by atoms with Crippen molar-refractivity contribution >= 4 is 23.1 Å². The summed E-state index contributed by atoms with van der Waals surface area (Å²) in [5.41, 5.74) is 1.38. The molecule has 0 unspecified atom stereocenters. The van der Waals surface area contributed by atoms with E-state index in [4.69, 9.17) is 4.74 Å². The number of methoxy groups -OCH3 is 1. The number of rotatable bonds is 6. The fraction of sp³-hybridized carbons (Fsp3) is 0.357. The molecule has 0 aliphatic heterocycles. The molecule has 2 aromatic heterocycles. The van der Waals surface area contributed by atoms with Gasteiger partial charge in [-0.1, -0.05) is 6.07 Å². The Labute approximate surface area is 127 Å². The highest BCUT2D eigenvalue weighted by Crippen LogP contribution is 2.15. The van der Waals surface area contributed by atoms with Gasteiger partial charge in [-0.3, -0.25) is 4.79 Å². The standard InChI is InChI=1S/C14H18N4O2S/c1-18(2)13-10(5-4-6-15-13)7-16-14(19)11-9-21-12(17-11)8-20-3/h4-6,9H,7-8H2,1-3H3,(H,16,19). The van der Waals surface area contributed by atoms with E-state index in [1.165, 1.54) is 11.3 Å². The van der Waals surface area contributed by atoms with Crippen LogP contribution in [0.15, 0.2) is 23.7 Å².